The van der Waals surface area contributed by atoms with Crippen molar-refractivity contribution in [2.75, 3.05) is 18.0 Å². The number of fused-ring (bicyclic) bond motifs is 1. The lowest BCUT2D eigenvalue weighted by Gasteiger charge is -2.33. The van der Waals surface area contributed by atoms with Crippen LogP contribution >= 0.6 is 0 Å². The summed E-state index contributed by atoms with van der Waals surface area (Å²) in [5.74, 6) is 0.135. The highest BCUT2D eigenvalue weighted by atomic mass is 16.6. The molecule has 286 valence electrons. The topological polar surface area (TPSA) is 78.5 Å². The minimum Gasteiger partial charge on any atom is -0.444 e. The Kier molecular flexibility index (Phi) is 14.1. The number of benzene rings is 3. The SMILES string of the molecule is CCCCN(CCCC)C(=O)C(C)(C)c1ccc2[nH]c(-c3cc(C)cc(C)c3)c(N(C(=O)OCc3ccccc3)C(CC)CCCc3cccnc3)c2c1. The Bertz CT molecular complexity index is 1940. The van der Waals surface area contributed by atoms with E-state index < -0.39 is 5.41 Å². The van der Waals surface area contributed by atoms with Crippen LogP contribution in [0.2, 0.25) is 0 Å². The van der Waals surface area contributed by atoms with Gasteiger partial charge in [-0.1, -0.05) is 93.3 Å². The van der Waals surface area contributed by atoms with E-state index in [0.29, 0.717) is 0 Å². The first-order valence-corrected chi connectivity index (χ1v) is 20.0. The summed E-state index contributed by atoms with van der Waals surface area (Å²) in [6.45, 7) is 16.4. The summed E-state index contributed by atoms with van der Waals surface area (Å²) in [7, 11) is 0. The molecule has 5 rings (SSSR count). The Morgan fingerprint density at radius 3 is 2.15 bits per heavy atom. The average Bonchev–Trinajstić information content (AvgIpc) is 3.55. The summed E-state index contributed by atoms with van der Waals surface area (Å²) < 4.78 is 6.19. The van der Waals surface area contributed by atoms with Gasteiger partial charge < -0.3 is 14.6 Å². The standard InChI is InChI=1S/C47H60N4O3/c1-8-11-26-50(27-12-9-2)45(52)47(6,7)39-23-24-42-41(31-39)44(43(49-42)38-29-34(4)28-35(5)30-38)51(46(53)54-33-37-18-14-13-15-19-37)40(10-3)22-16-20-36-21-17-25-48-32-36/h13-15,17-19,21,23-25,28-32,40,49H,8-12,16,20,22,26-27,33H2,1-7H3. The Hall–Kier alpha value is -4.91. The number of hydrogen-bond acceptors (Lipinski definition) is 4. The summed E-state index contributed by atoms with van der Waals surface area (Å²) >= 11 is 0. The van der Waals surface area contributed by atoms with Crippen molar-refractivity contribution in [3.63, 3.8) is 0 Å². The van der Waals surface area contributed by atoms with Crippen molar-refractivity contribution in [1.82, 2.24) is 14.9 Å². The van der Waals surface area contributed by atoms with E-state index in [0.717, 1.165) is 115 Å². The zero-order valence-electron chi connectivity index (χ0n) is 33.6. The molecule has 3 aromatic carbocycles. The van der Waals surface area contributed by atoms with Crippen molar-refractivity contribution in [3.05, 3.63) is 119 Å². The molecule has 1 N–H and O–H groups in total. The number of anilines is 1. The summed E-state index contributed by atoms with van der Waals surface area (Å²) in [6.07, 6.45) is 10.6. The van der Waals surface area contributed by atoms with E-state index in [4.69, 9.17) is 4.74 Å². The number of pyridine rings is 1. The molecular weight excluding hydrogens is 669 g/mol. The van der Waals surface area contributed by atoms with E-state index in [1.54, 1.807) is 6.20 Å². The molecular formula is C47H60N4O3. The predicted octanol–water partition coefficient (Wildman–Crippen LogP) is 11.5. The van der Waals surface area contributed by atoms with Crippen LogP contribution in [0.4, 0.5) is 10.5 Å². The van der Waals surface area contributed by atoms with Crippen LogP contribution in [0, 0.1) is 13.8 Å². The van der Waals surface area contributed by atoms with E-state index in [1.807, 2.05) is 61.3 Å². The lowest BCUT2D eigenvalue weighted by molar-refractivity contribution is -0.136. The fourth-order valence-electron chi connectivity index (χ4n) is 7.49. The van der Waals surface area contributed by atoms with Crippen LogP contribution in [-0.2, 0) is 28.0 Å². The lowest BCUT2D eigenvalue weighted by atomic mass is 9.82. The number of ether oxygens (including phenoxy) is 1. The molecule has 0 fully saturated rings. The van der Waals surface area contributed by atoms with Gasteiger partial charge in [-0.05, 0) is 113 Å². The molecule has 2 amide bonds. The number of aromatic amines is 1. The zero-order chi connectivity index (χ0) is 38.7. The Balaban J connectivity index is 1.66. The van der Waals surface area contributed by atoms with Crippen molar-refractivity contribution in [3.8, 4) is 11.3 Å². The van der Waals surface area contributed by atoms with Crippen molar-refractivity contribution in [2.45, 2.75) is 118 Å². The fourth-order valence-corrected chi connectivity index (χ4v) is 7.49. The molecule has 0 aliphatic heterocycles. The van der Waals surface area contributed by atoms with Crippen molar-refractivity contribution in [2.24, 2.45) is 0 Å². The van der Waals surface area contributed by atoms with Crippen molar-refractivity contribution >= 4 is 28.6 Å². The number of unbranched alkanes of at least 4 members (excludes halogenated alkanes) is 2. The van der Waals surface area contributed by atoms with Gasteiger partial charge >= 0.3 is 6.09 Å². The molecule has 7 heteroatoms. The van der Waals surface area contributed by atoms with Gasteiger partial charge in [0, 0.05) is 48.0 Å². The number of H-pyrrole nitrogens is 1. The normalized spacial score (nSPS) is 12.1. The highest BCUT2D eigenvalue weighted by molar-refractivity contribution is 6.08. The fraction of sp³-hybridized carbons (Fsp3) is 0.426. The molecule has 0 saturated carbocycles. The highest BCUT2D eigenvalue weighted by Crippen LogP contribution is 2.42. The van der Waals surface area contributed by atoms with Crippen LogP contribution in [0.5, 0.6) is 0 Å². The summed E-state index contributed by atoms with van der Waals surface area (Å²) in [4.78, 5) is 41.1. The Morgan fingerprint density at radius 2 is 1.52 bits per heavy atom. The van der Waals surface area contributed by atoms with Crippen molar-refractivity contribution < 1.29 is 14.3 Å². The second-order valence-electron chi connectivity index (χ2n) is 15.3. The Labute approximate surface area is 323 Å². The molecule has 0 radical (unpaired) electrons. The lowest BCUT2D eigenvalue weighted by Crippen LogP contribution is -2.44. The maximum Gasteiger partial charge on any atom is 0.414 e. The third-order valence-electron chi connectivity index (χ3n) is 10.6. The van der Waals surface area contributed by atoms with Gasteiger partial charge in [0.2, 0.25) is 5.91 Å². The van der Waals surface area contributed by atoms with Crippen LogP contribution in [0.15, 0.2) is 91.3 Å². The minimum absolute atomic E-state index is 0.135. The van der Waals surface area contributed by atoms with Crippen LogP contribution in [0.3, 0.4) is 0 Å². The third kappa shape index (κ3) is 9.79. The summed E-state index contributed by atoms with van der Waals surface area (Å²) in [5, 5.41) is 0.901. The number of nitrogens with one attached hydrogen (secondary N) is 1. The summed E-state index contributed by atoms with van der Waals surface area (Å²) in [5.41, 5.74) is 8.11. The number of rotatable bonds is 18. The van der Waals surface area contributed by atoms with Crippen LogP contribution in [0.25, 0.3) is 22.2 Å². The quantitative estimate of drug-likeness (QED) is 0.0974. The molecule has 0 saturated heterocycles. The first-order valence-electron chi connectivity index (χ1n) is 20.0. The third-order valence-corrected chi connectivity index (χ3v) is 10.6. The summed E-state index contributed by atoms with van der Waals surface area (Å²) in [6, 6.07) is 26.6. The maximum atomic E-state index is 14.7. The van der Waals surface area contributed by atoms with Gasteiger partial charge in [0.1, 0.15) is 6.61 Å². The molecule has 7 nitrogen and oxygen atoms in total. The van der Waals surface area contributed by atoms with Gasteiger partial charge in [-0.3, -0.25) is 14.7 Å². The number of aryl methyl sites for hydroxylation is 3. The zero-order valence-corrected chi connectivity index (χ0v) is 33.6. The number of aromatic nitrogens is 2. The molecule has 0 aliphatic rings. The molecule has 0 bridgehead atoms. The van der Waals surface area contributed by atoms with Crippen LogP contribution < -0.4 is 4.90 Å². The maximum absolute atomic E-state index is 14.7. The first-order chi connectivity index (χ1) is 26.1. The number of amides is 2. The molecule has 0 aliphatic carbocycles. The number of nitrogens with zero attached hydrogens (tertiary/aromatic N) is 3. The second kappa shape index (κ2) is 18.9. The van der Waals surface area contributed by atoms with Gasteiger partial charge in [-0.2, -0.15) is 0 Å². The first kappa shape index (κ1) is 40.3. The van der Waals surface area contributed by atoms with E-state index in [2.05, 4.69) is 92.0 Å². The largest absolute Gasteiger partial charge is 0.444 e. The average molecular weight is 729 g/mol. The monoisotopic (exact) mass is 728 g/mol. The van der Waals surface area contributed by atoms with E-state index >= 15 is 0 Å². The number of carbonyl (C=O) groups excluding carboxylic acids is 2. The molecule has 1 atom stereocenters. The van der Waals surface area contributed by atoms with Crippen molar-refractivity contribution in [1.29, 1.82) is 0 Å². The highest BCUT2D eigenvalue weighted by Gasteiger charge is 2.36. The van der Waals surface area contributed by atoms with E-state index in [9.17, 15) is 9.59 Å². The van der Waals surface area contributed by atoms with Gasteiger partial charge in [-0.15, -0.1) is 0 Å². The Morgan fingerprint density at radius 1 is 0.833 bits per heavy atom. The van der Waals surface area contributed by atoms with E-state index in [1.165, 1.54) is 5.56 Å². The van der Waals surface area contributed by atoms with Crippen LogP contribution in [-0.4, -0.2) is 46.0 Å². The molecule has 5 aromatic rings. The van der Waals surface area contributed by atoms with Gasteiger partial charge in [0.25, 0.3) is 0 Å². The predicted molar refractivity (Wildman–Crippen MR) is 223 cm³/mol. The molecule has 0 spiro atoms. The molecule has 1 unspecified atom stereocenters. The molecule has 2 heterocycles. The molecule has 54 heavy (non-hydrogen) atoms. The second-order valence-corrected chi connectivity index (χ2v) is 15.3. The van der Waals surface area contributed by atoms with Gasteiger partial charge in [0.15, 0.2) is 0 Å². The van der Waals surface area contributed by atoms with Crippen LogP contribution in [0.1, 0.15) is 107 Å². The van der Waals surface area contributed by atoms with Gasteiger partial charge in [0.05, 0.1) is 16.8 Å². The molecule has 2 aromatic heterocycles. The number of carbonyl (C=O) groups is 2. The van der Waals surface area contributed by atoms with Gasteiger partial charge in [-0.25, -0.2) is 4.79 Å². The van der Waals surface area contributed by atoms with E-state index in [-0.39, 0.29) is 24.6 Å². The smallest absolute Gasteiger partial charge is 0.414 e. The minimum atomic E-state index is -0.781. The number of hydrogen-bond donors (Lipinski definition) is 1.